The van der Waals surface area contributed by atoms with Crippen molar-refractivity contribution in [1.82, 2.24) is 14.3 Å². The molecule has 1 aliphatic rings. The van der Waals surface area contributed by atoms with E-state index in [-0.39, 0.29) is 5.56 Å². The first kappa shape index (κ1) is 17.1. The predicted molar refractivity (Wildman–Crippen MR) is 105 cm³/mol. The fourth-order valence-corrected chi connectivity index (χ4v) is 3.55. The van der Waals surface area contributed by atoms with Gasteiger partial charge in [0.15, 0.2) is 0 Å². The number of rotatable bonds is 4. The van der Waals surface area contributed by atoms with Gasteiger partial charge < -0.3 is 5.32 Å². The van der Waals surface area contributed by atoms with Gasteiger partial charge in [0.2, 0.25) is 0 Å². The molecule has 1 saturated heterocycles. The average Bonchev–Trinajstić information content (AvgIpc) is 2.65. The van der Waals surface area contributed by atoms with E-state index in [4.69, 9.17) is 11.6 Å². The van der Waals surface area contributed by atoms with E-state index in [2.05, 4.69) is 27.3 Å². The zero-order valence-electron chi connectivity index (χ0n) is 14.4. The topological polar surface area (TPSA) is 49.6 Å². The quantitative estimate of drug-likeness (QED) is 0.766. The number of aromatic nitrogens is 2. The molecule has 3 aromatic rings. The lowest BCUT2D eigenvalue weighted by Gasteiger charge is -2.32. The summed E-state index contributed by atoms with van der Waals surface area (Å²) in [6.45, 7) is 2.99. The molecular formula is C20H21ClN4O. The third kappa shape index (κ3) is 3.89. The number of fused-ring (bicyclic) bond motifs is 1. The Morgan fingerprint density at radius 2 is 1.88 bits per heavy atom. The minimum atomic E-state index is -0.0572. The van der Waals surface area contributed by atoms with Crippen LogP contribution in [0.15, 0.2) is 59.5 Å². The van der Waals surface area contributed by atoms with E-state index in [0.29, 0.717) is 17.5 Å². The largest absolute Gasteiger partial charge is 0.367 e. The molecule has 0 radical (unpaired) electrons. The molecule has 0 spiro atoms. The summed E-state index contributed by atoms with van der Waals surface area (Å²) in [5, 5.41) is 4.21. The summed E-state index contributed by atoms with van der Waals surface area (Å²) in [5.74, 6) is 0.664. The van der Waals surface area contributed by atoms with E-state index in [9.17, 15) is 4.79 Å². The molecule has 26 heavy (non-hydrogen) atoms. The van der Waals surface area contributed by atoms with Gasteiger partial charge in [-0.25, -0.2) is 4.98 Å². The van der Waals surface area contributed by atoms with Crippen molar-refractivity contribution >= 4 is 23.1 Å². The summed E-state index contributed by atoms with van der Waals surface area (Å²) in [4.78, 5) is 19.2. The molecule has 0 bridgehead atoms. The number of nitrogens with one attached hydrogen (secondary N) is 1. The van der Waals surface area contributed by atoms with E-state index in [1.54, 1.807) is 16.7 Å². The van der Waals surface area contributed by atoms with Crippen LogP contribution in [0.2, 0.25) is 5.02 Å². The molecule has 1 aromatic carbocycles. The smallest absolute Gasteiger partial charge is 0.259 e. The lowest BCUT2D eigenvalue weighted by atomic mass is 10.0. The molecular weight excluding hydrogens is 348 g/mol. The SMILES string of the molecule is O=c1cc(NC2CCN(Cc3ccc(Cl)cc3)CC2)nc2ccccn12. The monoisotopic (exact) mass is 368 g/mol. The first-order valence-corrected chi connectivity index (χ1v) is 9.27. The van der Waals surface area contributed by atoms with E-state index in [0.717, 1.165) is 37.5 Å². The Morgan fingerprint density at radius 3 is 2.65 bits per heavy atom. The summed E-state index contributed by atoms with van der Waals surface area (Å²) >= 11 is 5.95. The maximum Gasteiger partial charge on any atom is 0.259 e. The van der Waals surface area contributed by atoms with Crippen molar-refractivity contribution in [3.63, 3.8) is 0 Å². The highest BCUT2D eigenvalue weighted by Crippen LogP contribution is 2.18. The van der Waals surface area contributed by atoms with Crippen LogP contribution in [0.25, 0.3) is 5.65 Å². The molecule has 0 atom stereocenters. The van der Waals surface area contributed by atoms with Gasteiger partial charge in [-0.15, -0.1) is 0 Å². The molecule has 0 amide bonds. The summed E-state index contributed by atoms with van der Waals surface area (Å²) in [6, 6.07) is 15.5. The number of piperidine rings is 1. The Morgan fingerprint density at radius 1 is 1.12 bits per heavy atom. The lowest BCUT2D eigenvalue weighted by Crippen LogP contribution is -2.39. The molecule has 1 N–H and O–H groups in total. The van der Waals surface area contributed by atoms with Gasteiger partial charge in [-0.3, -0.25) is 14.1 Å². The summed E-state index contributed by atoms with van der Waals surface area (Å²) in [5.41, 5.74) is 1.89. The number of nitrogens with zero attached hydrogens (tertiary/aromatic N) is 3. The van der Waals surface area contributed by atoms with Gasteiger partial charge >= 0.3 is 0 Å². The maximum atomic E-state index is 12.2. The molecule has 4 rings (SSSR count). The summed E-state index contributed by atoms with van der Waals surface area (Å²) in [6.07, 6.45) is 3.80. The van der Waals surface area contributed by atoms with E-state index in [1.807, 2.05) is 30.3 Å². The van der Waals surface area contributed by atoms with Gasteiger partial charge in [0, 0.05) is 43.0 Å². The lowest BCUT2D eigenvalue weighted by molar-refractivity contribution is 0.211. The van der Waals surface area contributed by atoms with Crippen LogP contribution in [0, 0.1) is 0 Å². The number of likely N-dealkylation sites (tertiary alicyclic amines) is 1. The van der Waals surface area contributed by atoms with Gasteiger partial charge in [-0.05, 0) is 42.7 Å². The minimum Gasteiger partial charge on any atom is -0.367 e. The molecule has 1 fully saturated rings. The van der Waals surface area contributed by atoms with Crippen molar-refractivity contribution in [3.8, 4) is 0 Å². The molecule has 0 unspecified atom stereocenters. The van der Waals surface area contributed by atoms with Crippen molar-refractivity contribution in [2.45, 2.75) is 25.4 Å². The number of hydrogen-bond donors (Lipinski definition) is 1. The van der Waals surface area contributed by atoms with Gasteiger partial charge in [-0.1, -0.05) is 29.8 Å². The van der Waals surface area contributed by atoms with Crippen LogP contribution >= 0.6 is 11.6 Å². The average molecular weight is 369 g/mol. The molecule has 0 aliphatic carbocycles. The highest BCUT2D eigenvalue weighted by atomic mass is 35.5. The van der Waals surface area contributed by atoms with Gasteiger partial charge in [-0.2, -0.15) is 0 Å². The van der Waals surface area contributed by atoms with Crippen LogP contribution in [0.4, 0.5) is 5.82 Å². The Kier molecular flexibility index (Phi) is 4.91. The Hall–Kier alpha value is -2.37. The second-order valence-electron chi connectivity index (χ2n) is 6.73. The van der Waals surface area contributed by atoms with Crippen molar-refractivity contribution < 1.29 is 0 Å². The van der Waals surface area contributed by atoms with Crippen LogP contribution in [0.5, 0.6) is 0 Å². The predicted octanol–water partition coefficient (Wildman–Crippen LogP) is 3.42. The molecule has 5 nitrogen and oxygen atoms in total. The zero-order chi connectivity index (χ0) is 17.9. The Labute approximate surface area is 157 Å². The van der Waals surface area contributed by atoms with E-state index in [1.165, 1.54) is 5.56 Å². The van der Waals surface area contributed by atoms with Crippen molar-refractivity contribution in [3.05, 3.63) is 75.7 Å². The second kappa shape index (κ2) is 7.48. The number of hydrogen-bond acceptors (Lipinski definition) is 4. The van der Waals surface area contributed by atoms with Crippen molar-refractivity contribution in [2.24, 2.45) is 0 Å². The first-order valence-electron chi connectivity index (χ1n) is 8.89. The van der Waals surface area contributed by atoms with E-state index < -0.39 is 0 Å². The number of pyridine rings is 1. The molecule has 6 heteroatoms. The number of anilines is 1. The van der Waals surface area contributed by atoms with Crippen LogP contribution in [-0.2, 0) is 6.54 Å². The van der Waals surface area contributed by atoms with Gasteiger partial charge in [0.05, 0.1) is 0 Å². The zero-order valence-corrected chi connectivity index (χ0v) is 15.2. The van der Waals surface area contributed by atoms with Crippen molar-refractivity contribution in [2.75, 3.05) is 18.4 Å². The van der Waals surface area contributed by atoms with Crippen LogP contribution in [0.3, 0.4) is 0 Å². The normalized spacial score (nSPS) is 16.0. The van der Waals surface area contributed by atoms with Crippen LogP contribution in [0.1, 0.15) is 18.4 Å². The second-order valence-corrected chi connectivity index (χ2v) is 7.17. The highest BCUT2D eigenvalue weighted by Gasteiger charge is 2.19. The Balaban J connectivity index is 1.36. The standard InChI is InChI=1S/C20H21ClN4O/c21-16-6-4-15(5-7-16)14-24-11-8-17(9-12-24)22-18-13-20(26)25-10-2-1-3-19(25)23-18/h1-7,10,13,17,22H,8-9,11-12,14H2. The van der Waals surface area contributed by atoms with Gasteiger partial charge in [0.25, 0.3) is 5.56 Å². The van der Waals surface area contributed by atoms with Crippen LogP contribution < -0.4 is 10.9 Å². The summed E-state index contributed by atoms with van der Waals surface area (Å²) in [7, 11) is 0. The molecule has 0 saturated carbocycles. The fourth-order valence-electron chi connectivity index (χ4n) is 3.42. The summed E-state index contributed by atoms with van der Waals surface area (Å²) < 4.78 is 1.56. The van der Waals surface area contributed by atoms with Crippen LogP contribution in [-0.4, -0.2) is 33.4 Å². The molecule has 1 aliphatic heterocycles. The van der Waals surface area contributed by atoms with Gasteiger partial charge in [0.1, 0.15) is 11.5 Å². The first-order chi connectivity index (χ1) is 12.7. The van der Waals surface area contributed by atoms with Crippen molar-refractivity contribution in [1.29, 1.82) is 0 Å². The Bertz CT molecular complexity index is 946. The van der Waals surface area contributed by atoms with E-state index >= 15 is 0 Å². The number of benzene rings is 1. The maximum absolute atomic E-state index is 12.2. The third-order valence-electron chi connectivity index (χ3n) is 4.83. The molecule has 3 heterocycles. The highest BCUT2D eigenvalue weighted by molar-refractivity contribution is 6.30. The fraction of sp³-hybridized carbons (Fsp3) is 0.300. The minimum absolute atomic E-state index is 0.0572. The third-order valence-corrected chi connectivity index (χ3v) is 5.08. The molecule has 134 valence electrons. The number of halogens is 1. The molecule has 2 aromatic heterocycles.